The largest absolute Gasteiger partial charge is 0.379 e. The monoisotopic (exact) mass is 548 g/mol. The Kier molecular flexibility index (Phi) is 9.02. The molecule has 0 saturated carbocycles. The van der Waals surface area contributed by atoms with Crippen molar-refractivity contribution in [3.05, 3.63) is 48.0 Å². The minimum atomic E-state index is -3.59. The van der Waals surface area contributed by atoms with E-state index in [4.69, 9.17) is 9.72 Å². The summed E-state index contributed by atoms with van der Waals surface area (Å²) in [4.78, 5) is 23.9. The van der Waals surface area contributed by atoms with Crippen LogP contribution in [0.3, 0.4) is 0 Å². The number of morpholine rings is 1. The van der Waals surface area contributed by atoms with Gasteiger partial charge in [-0.2, -0.15) is 4.31 Å². The summed E-state index contributed by atoms with van der Waals surface area (Å²) >= 11 is 3.13. The first-order valence-corrected chi connectivity index (χ1v) is 15.5. The Balaban J connectivity index is 1.64. The van der Waals surface area contributed by atoms with Gasteiger partial charge in [-0.1, -0.05) is 31.3 Å². The number of para-hydroxylation sites is 1. The van der Waals surface area contributed by atoms with Gasteiger partial charge in [0.15, 0.2) is 5.13 Å². The number of fused-ring (bicyclic) bond motifs is 1. The molecular weight excluding hydrogens is 517 g/mol. The Hall–Kier alpha value is -2.02. The van der Waals surface area contributed by atoms with Crippen molar-refractivity contribution in [2.75, 3.05) is 63.6 Å². The van der Waals surface area contributed by atoms with Crippen molar-refractivity contribution in [2.24, 2.45) is 0 Å². The molecular formula is C25H32N4O4S3. The highest BCUT2D eigenvalue weighted by Gasteiger charge is 2.25. The lowest BCUT2D eigenvalue weighted by Gasteiger charge is -2.29. The molecule has 3 aromatic rings. The zero-order valence-electron chi connectivity index (χ0n) is 20.8. The second-order valence-corrected chi connectivity index (χ2v) is 12.1. The standard InChI is InChI=1S/C25H32N4O4S3/c1-4-28(5-2)36(31,32)20-11-9-19(10-12-20)24(30)29(14-13-27-15-17-33-18-16-27)25-26-23-21(34-3)7-6-8-22(23)35-25/h6-12H,4-5,13-18H2,1-3H3. The SMILES string of the molecule is CCN(CC)S(=O)(=O)c1ccc(C(=O)N(CCN2CCOCC2)c2nc3c(SC)cccc3s2)cc1. The van der Waals surface area contributed by atoms with Crippen molar-refractivity contribution < 1.29 is 17.9 Å². The number of aromatic nitrogens is 1. The summed E-state index contributed by atoms with van der Waals surface area (Å²) in [7, 11) is -3.59. The minimum absolute atomic E-state index is 0.187. The molecule has 36 heavy (non-hydrogen) atoms. The van der Waals surface area contributed by atoms with Gasteiger partial charge in [-0.05, 0) is 42.7 Å². The van der Waals surface area contributed by atoms with E-state index in [2.05, 4.69) is 4.90 Å². The number of thioether (sulfide) groups is 1. The number of hydrogen-bond acceptors (Lipinski definition) is 8. The molecule has 8 nitrogen and oxygen atoms in total. The van der Waals surface area contributed by atoms with E-state index in [9.17, 15) is 13.2 Å². The summed E-state index contributed by atoms with van der Waals surface area (Å²) in [5, 5.41) is 0.643. The average molecular weight is 549 g/mol. The highest BCUT2D eigenvalue weighted by molar-refractivity contribution is 7.98. The molecule has 0 bridgehead atoms. The fourth-order valence-electron chi connectivity index (χ4n) is 4.18. The Morgan fingerprint density at radius 2 is 1.81 bits per heavy atom. The summed E-state index contributed by atoms with van der Waals surface area (Å²) in [6, 6.07) is 12.3. The number of hydrogen-bond donors (Lipinski definition) is 0. The summed E-state index contributed by atoms with van der Waals surface area (Å²) in [6.07, 6.45) is 2.02. The van der Waals surface area contributed by atoms with E-state index in [1.807, 2.05) is 38.3 Å². The van der Waals surface area contributed by atoms with Crippen LogP contribution in [-0.4, -0.2) is 87.3 Å². The predicted molar refractivity (Wildman–Crippen MR) is 147 cm³/mol. The lowest BCUT2D eigenvalue weighted by atomic mass is 10.2. The van der Waals surface area contributed by atoms with E-state index < -0.39 is 10.0 Å². The van der Waals surface area contributed by atoms with Gasteiger partial charge in [-0.3, -0.25) is 14.6 Å². The third-order valence-electron chi connectivity index (χ3n) is 6.25. The number of anilines is 1. The van der Waals surface area contributed by atoms with Crippen molar-refractivity contribution in [3.8, 4) is 0 Å². The molecule has 4 rings (SSSR count). The number of rotatable bonds is 10. The van der Waals surface area contributed by atoms with E-state index in [0.29, 0.717) is 50.1 Å². The predicted octanol–water partition coefficient (Wildman–Crippen LogP) is 4.03. The normalized spacial score (nSPS) is 15.0. The summed E-state index contributed by atoms with van der Waals surface area (Å²) in [5.41, 5.74) is 1.33. The van der Waals surface area contributed by atoms with E-state index in [1.54, 1.807) is 28.8 Å². The van der Waals surface area contributed by atoms with Gasteiger partial charge < -0.3 is 4.74 Å². The molecule has 2 heterocycles. The Bertz CT molecular complexity index is 1280. The maximum Gasteiger partial charge on any atom is 0.260 e. The maximum absolute atomic E-state index is 13.7. The molecule has 0 spiro atoms. The molecule has 2 aromatic carbocycles. The molecule has 0 atom stereocenters. The van der Waals surface area contributed by atoms with Gasteiger partial charge in [0.2, 0.25) is 10.0 Å². The second-order valence-electron chi connectivity index (χ2n) is 8.33. The number of carbonyl (C=O) groups excluding carboxylic acids is 1. The number of amides is 1. The first-order chi connectivity index (χ1) is 17.4. The number of benzene rings is 2. The van der Waals surface area contributed by atoms with Crippen LogP contribution in [0.25, 0.3) is 10.2 Å². The Labute approximate surface area is 221 Å². The first-order valence-electron chi connectivity index (χ1n) is 12.0. The first kappa shape index (κ1) is 27.0. The van der Waals surface area contributed by atoms with Crippen molar-refractivity contribution in [1.29, 1.82) is 0 Å². The van der Waals surface area contributed by atoms with Crippen LogP contribution >= 0.6 is 23.1 Å². The zero-order valence-corrected chi connectivity index (χ0v) is 23.3. The van der Waals surface area contributed by atoms with Gasteiger partial charge in [-0.15, -0.1) is 11.8 Å². The lowest BCUT2D eigenvalue weighted by Crippen LogP contribution is -2.43. The molecule has 1 aliphatic rings. The Morgan fingerprint density at radius 3 is 2.44 bits per heavy atom. The van der Waals surface area contributed by atoms with Gasteiger partial charge in [0.25, 0.3) is 5.91 Å². The van der Waals surface area contributed by atoms with Crippen LogP contribution in [0.4, 0.5) is 5.13 Å². The molecule has 0 radical (unpaired) electrons. The van der Waals surface area contributed by atoms with Gasteiger partial charge in [0, 0.05) is 49.7 Å². The third kappa shape index (κ3) is 5.76. The van der Waals surface area contributed by atoms with Gasteiger partial charge in [0.05, 0.1) is 28.3 Å². The van der Waals surface area contributed by atoms with Crippen LogP contribution in [0.1, 0.15) is 24.2 Å². The average Bonchev–Trinajstić information content (AvgIpc) is 3.34. The quantitative estimate of drug-likeness (QED) is 0.354. The summed E-state index contributed by atoms with van der Waals surface area (Å²) in [5.74, 6) is -0.195. The summed E-state index contributed by atoms with van der Waals surface area (Å²) in [6.45, 7) is 8.63. The Morgan fingerprint density at radius 1 is 1.11 bits per heavy atom. The van der Waals surface area contributed by atoms with Crippen LogP contribution < -0.4 is 4.90 Å². The molecule has 1 saturated heterocycles. The molecule has 1 aromatic heterocycles. The van der Waals surface area contributed by atoms with Crippen LogP contribution in [0, 0.1) is 0 Å². The van der Waals surface area contributed by atoms with Crippen molar-refractivity contribution >= 4 is 54.4 Å². The number of ether oxygens (including phenoxy) is 1. The topological polar surface area (TPSA) is 83.1 Å². The molecule has 0 aliphatic carbocycles. The molecule has 0 unspecified atom stereocenters. The number of sulfonamides is 1. The zero-order chi connectivity index (χ0) is 25.7. The van der Waals surface area contributed by atoms with E-state index in [-0.39, 0.29) is 10.8 Å². The van der Waals surface area contributed by atoms with Crippen LogP contribution in [0.2, 0.25) is 0 Å². The van der Waals surface area contributed by atoms with Crippen LogP contribution in [0.15, 0.2) is 52.3 Å². The summed E-state index contributed by atoms with van der Waals surface area (Å²) < 4.78 is 33.6. The smallest absolute Gasteiger partial charge is 0.260 e. The maximum atomic E-state index is 13.7. The van der Waals surface area contributed by atoms with E-state index in [0.717, 1.165) is 28.2 Å². The molecule has 11 heteroatoms. The third-order valence-corrected chi connectivity index (χ3v) is 10.1. The fraction of sp³-hybridized carbons (Fsp3) is 0.440. The van der Waals surface area contributed by atoms with Crippen molar-refractivity contribution in [3.63, 3.8) is 0 Å². The fourth-order valence-corrected chi connectivity index (χ4v) is 7.28. The van der Waals surface area contributed by atoms with E-state index in [1.165, 1.54) is 27.8 Å². The number of carbonyl (C=O) groups is 1. The molecule has 1 amide bonds. The van der Waals surface area contributed by atoms with Crippen LogP contribution in [-0.2, 0) is 14.8 Å². The molecule has 194 valence electrons. The van der Waals surface area contributed by atoms with Gasteiger partial charge >= 0.3 is 0 Å². The second kappa shape index (κ2) is 12.0. The molecule has 1 fully saturated rings. The molecule has 1 aliphatic heterocycles. The van der Waals surface area contributed by atoms with Crippen LogP contribution in [0.5, 0.6) is 0 Å². The highest BCUT2D eigenvalue weighted by Crippen LogP contribution is 2.34. The minimum Gasteiger partial charge on any atom is -0.379 e. The molecule has 0 N–H and O–H groups in total. The van der Waals surface area contributed by atoms with Gasteiger partial charge in [0.1, 0.15) is 0 Å². The number of thiazole rings is 1. The lowest BCUT2D eigenvalue weighted by molar-refractivity contribution is 0.0391. The van der Waals surface area contributed by atoms with Crippen molar-refractivity contribution in [1.82, 2.24) is 14.2 Å². The highest BCUT2D eigenvalue weighted by atomic mass is 32.2. The van der Waals surface area contributed by atoms with E-state index >= 15 is 0 Å². The van der Waals surface area contributed by atoms with Crippen molar-refractivity contribution in [2.45, 2.75) is 23.6 Å². The van der Waals surface area contributed by atoms with Gasteiger partial charge in [-0.25, -0.2) is 13.4 Å². The number of nitrogens with zero attached hydrogens (tertiary/aromatic N) is 4.